The number of thiocarbonyl (C=S) groups is 1. The van der Waals surface area contributed by atoms with Gasteiger partial charge in [0.2, 0.25) is 0 Å². The van der Waals surface area contributed by atoms with Gasteiger partial charge in [0, 0.05) is 10.4 Å². The van der Waals surface area contributed by atoms with Crippen molar-refractivity contribution in [1.82, 2.24) is 4.98 Å². The summed E-state index contributed by atoms with van der Waals surface area (Å²) in [7, 11) is 0. The topological polar surface area (TPSA) is 38.9 Å². The normalized spacial score (nSPS) is 10.5. The molecule has 0 unspecified atom stereocenters. The van der Waals surface area contributed by atoms with Crippen LogP contribution in [0.2, 0.25) is 5.02 Å². The molecule has 2 aromatic rings. The van der Waals surface area contributed by atoms with E-state index in [4.69, 9.17) is 29.6 Å². The van der Waals surface area contributed by atoms with Gasteiger partial charge in [-0.15, -0.1) is 0 Å². The van der Waals surface area contributed by atoms with E-state index in [0.29, 0.717) is 15.7 Å². The lowest BCUT2D eigenvalue weighted by Gasteiger charge is -2.05. The average Bonchev–Trinajstić information content (AvgIpc) is 2.16. The van der Waals surface area contributed by atoms with E-state index in [1.165, 1.54) is 0 Å². The average molecular weight is 237 g/mol. The number of nitrogens with zero attached hydrogens (tertiary/aromatic N) is 1. The van der Waals surface area contributed by atoms with Crippen LogP contribution in [-0.4, -0.2) is 9.97 Å². The molecular weight excluding hydrogens is 228 g/mol. The number of pyridine rings is 1. The number of aromatic nitrogens is 1. The number of benzene rings is 1. The highest BCUT2D eigenvalue weighted by molar-refractivity contribution is 7.80. The maximum atomic E-state index is 5.90. The van der Waals surface area contributed by atoms with Crippen molar-refractivity contribution >= 4 is 39.7 Å². The molecular formula is C11H9ClN2S. The third-order valence-corrected chi connectivity index (χ3v) is 2.68. The van der Waals surface area contributed by atoms with Crippen LogP contribution in [-0.2, 0) is 0 Å². The van der Waals surface area contributed by atoms with Crippen LogP contribution in [0.1, 0.15) is 11.3 Å². The second-order valence-corrected chi connectivity index (χ2v) is 4.23. The second-order valence-electron chi connectivity index (χ2n) is 3.35. The smallest absolute Gasteiger partial charge is 0.122 e. The lowest BCUT2D eigenvalue weighted by Crippen LogP contribution is -2.11. The fraction of sp³-hybridized carbons (Fsp3) is 0.0909. The van der Waals surface area contributed by atoms with Gasteiger partial charge < -0.3 is 5.73 Å². The first kappa shape index (κ1) is 10.3. The molecule has 1 heterocycles. The summed E-state index contributed by atoms with van der Waals surface area (Å²) in [5.74, 6) is 0. The SMILES string of the molecule is Cc1cc(C(N)=S)nc2cc(Cl)ccc12. The van der Waals surface area contributed by atoms with Crippen molar-refractivity contribution in [2.75, 3.05) is 0 Å². The number of rotatable bonds is 1. The largest absolute Gasteiger partial charge is 0.388 e. The van der Waals surface area contributed by atoms with Gasteiger partial charge in [-0.05, 0) is 30.7 Å². The van der Waals surface area contributed by atoms with Crippen molar-refractivity contribution in [1.29, 1.82) is 0 Å². The number of fused-ring (bicyclic) bond motifs is 1. The fourth-order valence-electron chi connectivity index (χ4n) is 1.50. The first-order valence-electron chi connectivity index (χ1n) is 4.44. The summed E-state index contributed by atoms with van der Waals surface area (Å²) in [5.41, 5.74) is 8.11. The molecule has 2 nitrogen and oxygen atoms in total. The summed E-state index contributed by atoms with van der Waals surface area (Å²) in [5, 5.41) is 1.73. The Hall–Kier alpha value is -1.19. The molecule has 0 bridgehead atoms. The van der Waals surface area contributed by atoms with Crippen molar-refractivity contribution in [2.45, 2.75) is 6.92 Å². The van der Waals surface area contributed by atoms with Gasteiger partial charge >= 0.3 is 0 Å². The molecule has 4 heteroatoms. The fourth-order valence-corrected chi connectivity index (χ4v) is 1.77. The Bertz CT molecular complexity index is 552. The quantitative estimate of drug-likeness (QED) is 0.774. The number of hydrogen-bond donors (Lipinski definition) is 1. The number of halogens is 1. The van der Waals surface area contributed by atoms with Gasteiger partial charge in [-0.2, -0.15) is 0 Å². The third-order valence-electron chi connectivity index (χ3n) is 2.23. The van der Waals surface area contributed by atoms with Gasteiger partial charge in [-0.25, -0.2) is 4.98 Å². The highest BCUT2D eigenvalue weighted by atomic mass is 35.5. The van der Waals surface area contributed by atoms with Crippen LogP contribution in [0.25, 0.3) is 10.9 Å². The van der Waals surface area contributed by atoms with E-state index in [1.54, 1.807) is 0 Å². The molecule has 0 spiro atoms. The number of aryl methyl sites for hydroxylation is 1. The van der Waals surface area contributed by atoms with Crippen molar-refractivity contribution in [3.05, 3.63) is 40.5 Å². The maximum Gasteiger partial charge on any atom is 0.122 e. The first-order valence-corrected chi connectivity index (χ1v) is 5.23. The van der Waals surface area contributed by atoms with Crippen molar-refractivity contribution < 1.29 is 0 Å². The maximum absolute atomic E-state index is 5.90. The van der Waals surface area contributed by atoms with E-state index in [2.05, 4.69) is 4.98 Å². The van der Waals surface area contributed by atoms with E-state index in [-0.39, 0.29) is 0 Å². The van der Waals surface area contributed by atoms with E-state index in [1.807, 2.05) is 31.2 Å². The minimum atomic E-state index is 0.306. The van der Waals surface area contributed by atoms with E-state index >= 15 is 0 Å². The van der Waals surface area contributed by atoms with Gasteiger partial charge in [0.15, 0.2) is 0 Å². The summed E-state index contributed by atoms with van der Waals surface area (Å²) < 4.78 is 0. The lowest BCUT2D eigenvalue weighted by molar-refractivity contribution is 1.33. The zero-order chi connectivity index (χ0) is 11.0. The summed E-state index contributed by atoms with van der Waals surface area (Å²) in [6, 6.07) is 7.49. The molecule has 0 aliphatic carbocycles. The van der Waals surface area contributed by atoms with Crippen molar-refractivity contribution in [3.63, 3.8) is 0 Å². The summed E-state index contributed by atoms with van der Waals surface area (Å²) in [6.45, 7) is 2.00. The molecule has 2 rings (SSSR count). The lowest BCUT2D eigenvalue weighted by atomic mass is 10.1. The van der Waals surface area contributed by atoms with Gasteiger partial charge in [0.25, 0.3) is 0 Å². The van der Waals surface area contributed by atoms with E-state index in [0.717, 1.165) is 16.5 Å². The Labute approximate surface area is 98.1 Å². The molecule has 0 radical (unpaired) electrons. The monoisotopic (exact) mass is 236 g/mol. The minimum absolute atomic E-state index is 0.306. The van der Waals surface area contributed by atoms with Crippen LogP contribution >= 0.6 is 23.8 Å². The molecule has 0 atom stereocenters. The van der Waals surface area contributed by atoms with Crippen molar-refractivity contribution in [3.8, 4) is 0 Å². The Balaban J connectivity index is 2.79. The molecule has 1 aromatic heterocycles. The Morgan fingerprint density at radius 1 is 1.40 bits per heavy atom. The highest BCUT2D eigenvalue weighted by Crippen LogP contribution is 2.21. The molecule has 1 aromatic carbocycles. The summed E-state index contributed by atoms with van der Waals surface area (Å²) >= 11 is 10.8. The Morgan fingerprint density at radius 2 is 2.13 bits per heavy atom. The van der Waals surface area contributed by atoms with E-state index in [9.17, 15) is 0 Å². The molecule has 0 amide bonds. The number of hydrogen-bond acceptors (Lipinski definition) is 2. The van der Waals surface area contributed by atoms with Crippen molar-refractivity contribution in [2.24, 2.45) is 5.73 Å². The highest BCUT2D eigenvalue weighted by Gasteiger charge is 2.04. The van der Waals surface area contributed by atoms with Gasteiger partial charge in [0.1, 0.15) is 4.99 Å². The molecule has 0 aliphatic rings. The minimum Gasteiger partial charge on any atom is -0.388 e. The van der Waals surface area contributed by atoms with Crippen LogP contribution in [0.5, 0.6) is 0 Å². The second kappa shape index (κ2) is 3.76. The predicted octanol–water partition coefficient (Wildman–Crippen LogP) is 2.83. The zero-order valence-electron chi connectivity index (χ0n) is 8.12. The standard InChI is InChI=1S/C11H9ClN2S/c1-6-4-10(11(13)15)14-9-5-7(12)2-3-8(6)9/h2-5H,1H3,(H2,13,15). The van der Waals surface area contributed by atoms with Crippen LogP contribution in [0.15, 0.2) is 24.3 Å². The molecule has 0 saturated heterocycles. The van der Waals surface area contributed by atoms with Crippen LogP contribution < -0.4 is 5.73 Å². The van der Waals surface area contributed by atoms with Gasteiger partial charge in [0.05, 0.1) is 11.2 Å². The van der Waals surface area contributed by atoms with Gasteiger partial charge in [-0.1, -0.05) is 29.9 Å². The zero-order valence-corrected chi connectivity index (χ0v) is 9.69. The van der Waals surface area contributed by atoms with Crippen LogP contribution in [0, 0.1) is 6.92 Å². The van der Waals surface area contributed by atoms with Crippen LogP contribution in [0.3, 0.4) is 0 Å². The van der Waals surface area contributed by atoms with Crippen LogP contribution in [0.4, 0.5) is 0 Å². The molecule has 0 fully saturated rings. The number of nitrogens with two attached hydrogens (primary N) is 1. The first-order chi connectivity index (χ1) is 7.08. The molecule has 0 saturated carbocycles. The molecule has 15 heavy (non-hydrogen) atoms. The summed E-state index contributed by atoms with van der Waals surface area (Å²) in [6.07, 6.45) is 0. The molecule has 76 valence electrons. The van der Waals surface area contributed by atoms with Gasteiger partial charge in [-0.3, -0.25) is 0 Å². The molecule has 2 N–H and O–H groups in total. The molecule has 0 aliphatic heterocycles. The Kier molecular flexibility index (Phi) is 2.59. The van der Waals surface area contributed by atoms with E-state index < -0.39 is 0 Å². The Morgan fingerprint density at radius 3 is 2.80 bits per heavy atom. The predicted molar refractivity (Wildman–Crippen MR) is 67.4 cm³/mol. The third kappa shape index (κ3) is 1.94. The summed E-state index contributed by atoms with van der Waals surface area (Å²) in [4.78, 5) is 4.65.